The lowest BCUT2D eigenvalue weighted by Gasteiger charge is -2.20. The van der Waals surface area contributed by atoms with Gasteiger partial charge in [0.1, 0.15) is 17.1 Å². The number of carbonyl (C=O) groups excluding carboxylic acids is 1. The maximum atomic E-state index is 13.4. The second kappa shape index (κ2) is 10.4. The van der Waals surface area contributed by atoms with Crippen molar-refractivity contribution in [3.05, 3.63) is 59.7 Å². The first-order valence-electron chi connectivity index (χ1n) is 8.94. The molecule has 27 heavy (non-hydrogen) atoms. The number of hydrogen-bond donors (Lipinski definition) is 0. The van der Waals surface area contributed by atoms with Gasteiger partial charge >= 0.3 is 12.8 Å². The molecule has 0 aliphatic heterocycles. The van der Waals surface area contributed by atoms with Gasteiger partial charge in [0.15, 0.2) is 0 Å². The Kier molecular flexibility index (Phi) is 8.26. The summed E-state index contributed by atoms with van der Waals surface area (Å²) in [7, 11) is 0. The summed E-state index contributed by atoms with van der Waals surface area (Å²) in [6.07, 6.45) is 1.85. The van der Waals surface area contributed by atoms with E-state index in [0.717, 1.165) is 29.8 Å². The van der Waals surface area contributed by atoms with Crippen LogP contribution >= 0.6 is 18.2 Å². The number of rotatable bonds is 10. The second-order valence-electron chi connectivity index (χ2n) is 5.85. The Balaban J connectivity index is 2.27. The van der Waals surface area contributed by atoms with Crippen LogP contribution in [0.1, 0.15) is 42.6 Å². The van der Waals surface area contributed by atoms with Crippen molar-refractivity contribution in [2.45, 2.75) is 33.6 Å². The highest BCUT2D eigenvalue weighted by Crippen LogP contribution is 2.60. The van der Waals surface area contributed by atoms with E-state index in [0.29, 0.717) is 11.5 Å². The van der Waals surface area contributed by atoms with Crippen LogP contribution in [0.2, 0.25) is 0 Å². The van der Waals surface area contributed by atoms with Gasteiger partial charge in [-0.05, 0) is 55.9 Å². The third-order valence-electron chi connectivity index (χ3n) is 3.58. The van der Waals surface area contributed by atoms with Gasteiger partial charge in [-0.25, -0.2) is 9.36 Å². The van der Waals surface area contributed by atoms with Gasteiger partial charge < -0.3 is 13.8 Å². The summed E-state index contributed by atoms with van der Waals surface area (Å²) < 4.78 is 30.0. The van der Waals surface area contributed by atoms with E-state index in [-0.39, 0.29) is 17.9 Å². The monoisotopic (exact) mass is 408 g/mol. The fraction of sp³-hybridized carbons (Fsp3) is 0.350. The lowest BCUT2D eigenvalue weighted by molar-refractivity contribution is 0.0524. The van der Waals surface area contributed by atoms with Crippen LogP contribution in [0.3, 0.4) is 0 Å². The number of unbranched alkanes of at least 4 members (excludes halogenated alkanes) is 1. The molecule has 2 aromatic carbocycles. The molecule has 2 aromatic rings. The highest BCUT2D eigenvalue weighted by atomic mass is 32.7. The van der Waals surface area contributed by atoms with E-state index in [1.54, 1.807) is 43.3 Å². The molecule has 0 aliphatic rings. The quantitative estimate of drug-likeness (QED) is 0.262. The summed E-state index contributed by atoms with van der Waals surface area (Å²) in [6, 6.07) is 13.9. The van der Waals surface area contributed by atoms with Crippen molar-refractivity contribution in [1.82, 2.24) is 0 Å². The molecule has 0 bridgehead atoms. The van der Waals surface area contributed by atoms with Crippen LogP contribution in [0.4, 0.5) is 0 Å². The van der Waals surface area contributed by atoms with Crippen molar-refractivity contribution in [3.63, 3.8) is 0 Å². The molecule has 0 heterocycles. The molecule has 0 aromatic heterocycles. The van der Waals surface area contributed by atoms with Crippen molar-refractivity contribution < 1.29 is 23.1 Å². The molecular formula is C20H25O5PS. The van der Waals surface area contributed by atoms with E-state index in [1.807, 2.05) is 19.1 Å². The van der Waals surface area contributed by atoms with E-state index in [9.17, 15) is 9.36 Å². The average molecular weight is 408 g/mol. The number of ether oxygens (including phenoxy) is 1. The summed E-state index contributed by atoms with van der Waals surface area (Å²) >= 11 is 1.14. The number of aryl methyl sites for hydroxylation is 1. The van der Waals surface area contributed by atoms with E-state index in [4.69, 9.17) is 13.8 Å². The smallest absolute Gasteiger partial charge is 0.462 e. The van der Waals surface area contributed by atoms with Gasteiger partial charge in [0, 0.05) is 5.75 Å². The van der Waals surface area contributed by atoms with E-state index >= 15 is 0 Å². The molecule has 1 unspecified atom stereocenters. The number of esters is 1. The number of para-hydroxylation sites is 1. The first-order valence-corrected chi connectivity index (χ1v) is 12.1. The van der Waals surface area contributed by atoms with Crippen molar-refractivity contribution in [3.8, 4) is 11.5 Å². The number of hydrogen-bond acceptors (Lipinski definition) is 6. The normalized spacial score (nSPS) is 12.9. The van der Waals surface area contributed by atoms with Gasteiger partial charge in [-0.3, -0.25) is 0 Å². The predicted molar refractivity (Wildman–Crippen MR) is 110 cm³/mol. The molecule has 0 saturated heterocycles. The van der Waals surface area contributed by atoms with Crippen LogP contribution in [-0.2, 0) is 9.30 Å². The second-order valence-corrected chi connectivity index (χ2v) is 9.89. The Labute approximate surface area is 164 Å². The minimum absolute atomic E-state index is 0.190. The van der Waals surface area contributed by atoms with E-state index in [1.165, 1.54) is 0 Å². The molecule has 0 fully saturated rings. The lowest BCUT2D eigenvalue weighted by Crippen LogP contribution is -2.08. The summed E-state index contributed by atoms with van der Waals surface area (Å²) in [5.41, 5.74) is 1.30. The Morgan fingerprint density at radius 2 is 1.74 bits per heavy atom. The Hall–Kier alpha value is -1.91. The molecule has 146 valence electrons. The highest BCUT2D eigenvalue weighted by Gasteiger charge is 2.31. The van der Waals surface area contributed by atoms with Gasteiger partial charge in [-0.15, -0.1) is 0 Å². The molecule has 0 aliphatic carbocycles. The minimum atomic E-state index is -3.58. The summed E-state index contributed by atoms with van der Waals surface area (Å²) in [6.45, 7) is 2.41. The van der Waals surface area contributed by atoms with Crippen LogP contribution in [-0.4, -0.2) is 18.3 Å². The Morgan fingerprint density at radius 1 is 1.04 bits per heavy atom. The van der Waals surface area contributed by atoms with Crippen molar-refractivity contribution in [2.24, 2.45) is 0 Å². The van der Waals surface area contributed by atoms with Gasteiger partial charge in [-0.2, -0.15) is 0 Å². The average Bonchev–Trinajstić information content (AvgIpc) is 2.64. The Bertz CT molecular complexity index is 791. The third-order valence-corrected chi connectivity index (χ3v) is 7.16. The zero-order valence-corrected chi connectivity index (χ0v) is 17.6. The summed E-state index contributed by atoms with van der Waals surface area (Å²) in [5.74, 6) is 0.756. The zero-order valence-electron chi connectivity index (χ0n) is 15.8. The molecule has 7 heteroatoms. The minimum Gasteiger partial charge on any atom is -0.462 e. The highest BCUT2D eigenvalue weighted by molar-refractivity contribution is 8.55. The third kappa shape index (κ3) is 6.64. The van der Waals surface area contributed by atoms with Gasteiger partial charge in [0.25, 0.3) is 0 Å². The fourth-order valence-corrected chi connectivity index (χ4v) is 5.60. The molecule has 0 N–H and O–H groups in total. The zero-order chi connectivity index (χ0) is 19.7. The fourth-order valence-electron chi connectivity index (χ4n) is 2.16. The molecule has 2 rings (SSSR count). The molecular weight excluding hydrogens is 383 g/mol. The maximum Gasteiger partial charge on any atom is 0.492 e. The van der Waals surface area contributed by atoms with Crippen molar-refractivity contribution >= 4 is 24.1 Å². The first-order chi connectivity index (χ1) is 13.0. The largest absolute Gasteiger partial charge is 0.492 e. The van der Waals surface area contributed by atoms with Crippen molar-refractivity contribution in [1.29, 1.82) is 0 Å². The molecule has 5 nitrogen and oxygen atoms in total. The van der Waals surface area contributed by atoms with E-state index < -0.39 is 12.8 Å². The van der Waals surface area contributed by atoms with Crippen molar-refractivity contribution in [2.75, 3.05) is 12.4 Å². The first kappa shape index (κ1) is 21.4. The summed E-state index contributed by atoms with van der Waals surface area (Å²) in [4.78, 5) is 12.2. The van der Waals surface area contributed by atoms with Gasteiger partial charge in [0.05, 0.1) is 6.61 Å². The van der Waals surface area contributed by atoms with Gasteiger partial charge in [0.2, 0.25) is 0 Å². The number of carbonyl (C=O) groups is 1. The molecule has 1 atom stereocenters. The van der Waals surface area contributed by atoms with Gasteiger partial charge in [-0.1, -0.05) is 43.2 Å². The van der Waals surface area contributed by atoms with Crippen LogP contribution in [0.5, 0.6) is 11.5 Å². The van der Waals surface area contributed by atoms with Crippen LogP contribution < -0.4 is 9.05 Å². The SMILES string of the molecule is CCCCSP(=O)(Oc1ccc(C)cc1)Oc1ccccc1C(=O)OCC. The molecule has 0 spiro atoms. The molecule has 0 amide bonds. The summed E-state index contributed by atoms with van der Waals surface area (Å²) in [5, 5.41) is 0. The standard InChI is InChI=1S/C20H25O5PS/c1-4-6-15-27-26(22,24-17-13-11-16(3)12-14-17)25-19-10-8-7-9-18(19)20(21)23-5-2/h7-14H,4-6,15H2,1-3H3. The molecule has 0 radical (unpaired) electrons. The topological polar surface area (TPSA) is 61.8 Å². The Morgan fingerprint density at radius 3 is 2.41 bits per heavy atom. The maximum absolute atomic E-state index is 13.4. The van der Waals surface area contributed by atoms with Crippen LogP contribution in [0, 0.1) is 6.92 Å². The van der Waals surface area contributed by atoms with E-state index in [2.05, 4.69) is 6.92 Å². The van der Waals surface area contributed by atoms with Crippen LogP contribution in [0.15, 0.2) is 48.5 Å². The number of benzene rings is 2. The lowest BCUT2D eigenvalue weighted by atomic mass is 10.2. The molecule has 0 saturated carbocycles. The van der Waals surface area contributed by atoms with Crippen LogP contribution in [0.25, 0.3) is 0 Å². The predicted octanol–water partition coefficient (Wildman–Crippen LogP) is 6.27.